The highest BCUT2D eigenvalue weighted by Gasteiger charge is 2.21. The van der Waals surface area contributed by atoms with Gasteiger partial charge in [0, 0.05) is 0 Å². The summed E-state index contributed by atoms with van der Waals surface area (Å²) < 4.78 is 13.5. The van der Waals surface area contributed by atoms with Crippen molar-refractivity contribution in [2.45, 2.75) is 26.7 Å². The Bertz CT molecular complexity index is 315. The average Bonchev–Trinajstić information content (AvgIpc) is 2.39. The summed E-state index contributed by atoms with van der Waals surface area (Å²) >= 11 is 0. The Labute approximate surface area is 72.4 Å². The predicted octanol–water partition coefficient (Wildman–Crippen LogP) is 2.87. The van der Waals surface area contributed by atoms with Gasteiger partial charge >= 0.3 is 0 Å². The highest BCUT2D eigenvalue weighted by atomic mass is 19.1. The second-order valence-electron chi connectivity index (χ2n) is 3.85. The molecule has 1 aromatic rings. The maximum atomic E-state index is 13.5. The first-order chi connectivity index (χ1) is 5.68. The van der Waals surface area contributed by atoms with Crippen molar-refractivity contribution >= 4 is 0 Å². The molecule has 0 saturated heterocycles. The first-order valence-electron chi connectivity index (χ1n) is 4.45. The summed E-state index contributed by atoms with van der Waals surface area (Å²) in [5, 5.41) is 0. The molecule has 0 aliphatic heterocycles. The molecule has 1 unspecified atom stereocenters. The summed E-state index contributed by atoms with van der Waals surface area (Å²) in [5.74, 6) is 0.646. The summed E-state index contributed by atoms with van der Waals surface area (Å²) in [6, 6.07) is 3.95. The Balaban J connectivity index is 2.54. The van der Waals surface area contributed by atoms with Crippen LogP contribution in [0.25, 0.3) is 0 Å². The maximum absolute atomic E-state index is 13.5. The zero-order valence-electron chi connectivity index (χ0n) is 7.52. The second kappa shape index (κ2) is 2.58. The molecule has 0 bridgehead atoms. The van der Waals surface area contributed by atoms with Crippen molar-refractivity contribution < 1.29 is 4.39 Å². The van der Waals surface area contributed by atoms with E-state index in [0.717, 1.165) is 24.0 Å². The van der Waals surface area contributed by atoms with Gasteiger partial charge in [-0.15, -0.1) is 0 Å². The zero-order valence-corrected chi connectivity index (χ0v) is 7.52. The van der Waals surface area contributed by atoms with Crippen molar-refractivity contribution in [3.8, 4) is 0 Å². The molecule has 0 amide bonds. The Morgan fingerprint density at radius 1 is 1.33 bits per heavy atom. The number of rotatable bonds is 0. The van der Waals surface area contributed by atoms with E-state index in [4.69, 9.17) is 0 Å². The molecular formula is C11H13F. The average molecular weight is 164 g/mol. The lowest BCUT2D eigenvalue weighted by Crippen LogP contribution is -1.92. The van der Waals surface area contributed by atoms with Gasteiger partial charge in [0.2, 0.25) is 0 Å². The predicted molar refractivity (Wildman–Crippen MR) is 47.7 cm³/mol. The van der Waals surface area contributed by atoms with E-state index < -0.39 is 0 Å². The maximum Gasteiger partial charge on any atom is 0.129 e. The van der Waals surface area contributed by atoms with Crippen LogP contribution in [-0.4, -0.2) is 0 Å². The van der Waals surface area contributed by atoms with Crippen LogP contribution in [0.4, 0.5) is 4.39 Å². The van der Waals surface area contributed by atoms with Gasteiger partial charge in [-0.3, -0.25) is 0 Å². The zero-order chi connectivity index (χ0) is 8.72. The van der Waals surface area contributed by atoms with Crippen LogP contribution in [-0.2, 0) is 12.8 Å². The minimum absolute atomic E-state index is 0.0249. The van der Waals surface area contributed by atoms with Gasteiger partial charge in [-0.25, -0.2) is 4.39 Å². The number of aryl methyl sites for hydroxylation is 1. The normalized spacial score (nSPS) is 21.1. The highest BCUT2D eigenvalue weighted by Crippen LogP contribution is 2.29. The SMILES string of the molecule is Cc1ccc2c(c1F)CC(C)C2. The number of fused-ring (bicyclic) bond motifs is 1. The molecule has 2 rings (SSSR count). The van der Waals surface area contributed by atoms with Crippen LogP contribution in [0, 0.1) is 18.7 Å². The molecule has 0 spiro atoms. The van der Waals surface area contributed by atoms with Crippen LogP contribution < -0.4 is 0 Å². The molecule has 1 aliphatic carbocycles. The molecule has 0 N–H and O–H groups in total. The van der Waals surface area contributed by atoms with Gasteiger partial charge in [0.1, 0.15) is 5.82 Å². The topological polar surface area (TPSA) is 0 Å². The first-order valence-corrected chi connectivity index (χ1v) is 4.45. The Morgan fingerprint density at radius 2 is 2.08 bits per heavy atom. The molecule has 0 nitrogen and oxygen atoms in total. The molecule has 0 saturated carbocycles. The van der Waals surface area contributed by atoms with Gasteiger partial charge in [-0.2, -0.15) is 0 Å². The molecule has 12 heavy (non-hydrogen) atoms. The summed E-state index contributed by atoms with van der Waals surface area (Å²) in [5.41, 5.74) is 2.95. The summed E-state index contributed by atoms with van der Waals surface area (Å²) in [6.07, 6.45) is 1.97. The molecule has 1 aromatic carbocycles. The third-order valence-electron chi connectivity index (χ3n) is 2.65. The third-order valence-corrected chi connectivity index (χ3v) is 2.65. The van der Waals surface area contributed by atoms with Crippen LogP contribution in [0.5, 0.6) is 0 Å². The number of hydrogen-bond acceptors (Lipinski definition) is 0. The van der Waals surface area contributed by atoms with Gasteiger partial charge in [0.05, 0.1) is 0 Å². The molecule has 0 fully saturated rings. The first kappa shape index (κ1) is 7.78. The highest BCUT2D eigenvalue weighted by molar-refractivity contribution is 5.37. The smallest absolute Gasteiger partial charge is 0.129 e. The van der Waals surface area contributed by atoms with Crippen molar-refractivity contribution in [1.82, 2.24) is 0 Å². The number of benzene rings is 1. The largest absolute Gasteiger partial charge is 0.206 e. The molecule has 0 radical (unpaired) electrons. The van der Waals surface area contributed by atoms with E-state index in [0.29, 0.717) is 5.92 Å². The van der Waals surface area contributed by atoms with Crippen molar-refractivity contribution in [3.63, 3.8) is 0 Å². The monoisotopic (exact) mass is 164 g/mol. The summed E-state index contributed by atoms with van der Waals surface area (Å²) in [7, 11) is 0. The number of halogens is 1. The van der Waals surface area contributed by atoms with E-state index >= 15 is 0 Å². The van der Waals surface area contributed by atoms with Crippen molar-refractivity contribution in [3.05, 3.63) is 34.6 Å². The molecule has 0 aromatic heterocycles. The minimum atomic E-state index is 0.0249. The fourth-order valence-electron chi connectivity index (χ4n) is 1.99. The molecule has 1 atom stereocenters. The third kappa shape index (κ3) is 1.04. The van der Waals surface area contributed by atoms with Gasteiger partial charge in [-0.1, -0.05) is 19.1 Å². The van der Waals surface area contributed by atoms with Crippen LogP contribution >= 0.6 is 0 Å². The molecule has 1 heteroatoms. The van der Waals surface area contributed by atoms with Gasteiger partial charge in [0.25, 0.3) is 0 Å². The van der Waals surface area contributed by atoms with Crippen molar-refractivity contribution in [1.29, 1.82) is 0 Å². The molecule has 64 valence electrons. The fraction of sp³-hybridized carbons (Fsp3) is 0.455. The number of hydrogen-bond donors (Lipinski definition) is 0. The fourth-order valence-corrected chi connectivity index (χ4v) is 1.99. The minimum Gasteiger partial charge on any atom is -0.206 e. The van der Waals surface area contributed by atoms with E-state index in [1.54, 1.807) is 0 Å². The van der Waals surface area contributed by atoms with Gasteiger partial charge < -0.3 is 0 Å². The second-order valence-corrected chi connectivity index (χ2v) is 3.85. The Kier molecular flexibility index (Phi) is 1.67. The van der Waals surface area contributed by atoms with Crippen LogP contribution in [0.15, 0.2) is 12.1 Å². The van der Waals surface area contributed by atoms with Crippen molar-refractivity contribution in [2.75, 3.05) is 0 Å². The van der Waals surface area contributed by atoms with Gasteiger partial charge in [-0.05, 0) is 42.4 Å². The van der Waals surface area contributed by atoms with E-state index in [1.807, 2.05) is 13.0 Å². The quantitative estimate of drug-likeness (QED) is 0.553. The van der Waals surface area contributed by atoms with E-state index in [-0.39, 0.29) is 5.82 Å². The lowest BCUT2D eigenvalue weighted by atomic mass is 10.1. The molecule has 1 aliphatic rings. The summed E-state index contributed by atoms with van der Waals surface area (Å²) in [6.45, 7) is 4.01. The lowest BCUT2D eigenvalue weighted by Gasteiger charge is -2.02. The van der Waals surface area contributed by atoms with E-state index in [9.17, 15) is 4.39 Å². The van der Waals surface area contributed by atoms with E-state index in [2.05, 4.69) is 13.0 Å². The lowest BCUT2D eigenvalue weighted by molar-refractivity contribution is 0.581. The van der Waals surface area contributed by atoms with Crippen LogP contribution in [0.3, 0.4) is 0 Å². The van der Waals surface area contributed by atoms with Gasteiger partial charge in [0.15, 0.2) is 0 Å². The van der Waals surface area contributed by atoms with E-state index in [1.165, 1.54) is 5.56 Å². The van der Waals surface area contributed by atoms with Crippen LogP contribution in [0.2, 0.25) is 0 Å². The Morgan fingerprint density at radius 3 is 2.83 bits per heavy atom. The van der Waals surface area contributed by atoms with Crippen molar-refractivity contribution in [2.24, 2.45) is 5.92 Å². The molecule has 0 heterocycles. The standard InChI is InChI=1S/C11H13F/c1-7-5-9-4-3-8(2)11(12)10(9)6-7/h3-4,7H,5-6H2,1-2H3. The summed E-state index contributed by atoms with van der Waals surface area (Å²) in [4.78, 5) is 0. The molecular weight excluding hydrogens is 151 g/mol. The Hall–Kier alpha value is -0.850. The van der Waals surface area contributed by atoms with Crippen LogP contribution in [0.1, 0.15) is 23.6 Å².